The fourth-order valence-corrected chi connectivity index (χ4v) is 3.98. The van der Waals surface area contributed by atoms with Crippen molar-refractivity contribution >= 4 is 17.5 Å². The van der Waals surface area contributed by atoms with Crippen molar-refractivity contribution in [1.29, 1.82) is 0 Å². The molecule has 160 valence electrons. The van der Waals surface area contributed by atoms with Gasteiger partial charge in [0.2, 0.25) is 0 Å². The molecule has 1 aliphatic rings. The Morgan fingerprint density at radius 3 is 2.17 bits per heavy atom. The van der Waals surface area contributed by atoms with Crippen LogP contribution in [0.1, 0.15) is 18.1 Å². The quantitative estimate of drug-likeness (QED) is 0.556. The minimum atomic E-state index is 0.0630. The van der Waals surface area contributed by atoms with Crippen LogP contribution in [0.5, 0.6) is 0 Å². The van der Waals surface area contributed by atoms with Crippen molar-refractivity contribution in [1.82, 2.24) is 4.90 Å². The Balaban J connectivity index is 1.40. The lowest BCUT2D eigenvalue weighted by molar-refractivity contribution is -1.00. The van der Waals surface area contributed by atoms with Crippen LogP contribution in [-0.2, 0) is 22.6 Å². The number of para-hydroxylation sites is 1. The van der Waals surface area contributed by atoms with Gasteiger partial charge in [-0.3, -0.25) is 9.59 Å². The Morgan fingerprint density at radius 2 is 1.50 bits per heavy atom. The van der Waals surface area contributed by atoms with E-state index >= 15 is 0 Å². The number of rotatable bonds is 8. The van der Waals surface area contributed by atoms with Gasteiger partial charge < -0.3 is 20.0 Å². The topological polar surface area (TPSA) is 58.3 Å². The third-order valence-corrected chi connectivity index (χ3v) is 5.84. The van der Waals surface area contributed by atoms with Gasteiger partial charge in [0.15, 0.2) is 13.1 Å². The van der Waals surface area contributed by atoms with Gasteiger partial charge in [-0.1, -0.05) is 55.5 Å². The van der Waals surface area contributed by atoms with Crippen molar-refractivity contribution in [2.45, 2.75) is 19.9 Å². The first-order valence-electron chi connectivity index (χ1n) is 10.9. The number of hydrogen-bond acceptors (Lipinski definition) is 2. The van der Waals surface area contributed by atoms with Crippen molar-refractivity contribution in [3.05, 3.63) is 65.7 Å². The van der Waals surface area contributed by atoms with Crippen molar-refractivity contribution in [2.75, 3.05) is 51.6 Å². The van der Waals surface area contributed by atoms with Crippen LogP contribution < -0.4 is 15.1 Å². The van der Waals surface area contributed by atoms with Crippen molar-refractivity contribution in [3.63, 3.8) is 0 Å². The molecule has 0 atom stereocenters. The number of carbonyl (C=O) groups excluding carboxylic acids is 2. The molecule has 2 amide bonds. The molecular formula is C24H34N4O2+2. The average molecular weight is 411 g/mol. The molecule has 6 nitrogen and oxygen atoms in total. The number of anilines is 1. The first kappa shape index (κ1) is 22.0. The highest BCUT2D eigenvalue weighted by Crippen LogP contribution is 2.14. The van der Waals surface area contributed by atoms with Crippen LogP contribution in [0.15, 0.2) is 54.6 Å². The van der Waals surface area contributed by atoms with Gasteiger partial charge in [-0.15, -0.1) is 0 Å². The van der Waals surface area contributed by atoms with E-state index in [0.717, 1.165) is 49.4 Å². The van der Waals surface area contributed by atoms with Gasteiger partial charge >= 0.3 is 0 Å². The minimum absolute atomic E-state index is 0.0630. The Morgan fingerprint density at radius 1 is 0.900 bits per heavy atom. The van der Waals surface area contributed by atoms with Gasteiger partial charge in [-0.2, -0.15) is 0 Å². The van der Waals surface area contributed by atoms with E-state index in [4.69, 9.17) is 0 Å². The number of hydrogen-bond donors (Lipinski definition) is 3. The molecule has 1 fully saturated rings. The Labute approximate surface area is 179 Å². The monoisotopic (exact) mass is 410 g/mol. The molecule has 6 heteroatoms. The lowest BCUT2D eigenvalue weighted by Gasteiger charge is -2.30. The highest BCUT2D eigenvalue weighted by atomic mass is 16.2. The molecule has 1 aliphatic heterocycles. The van der Waals surface area contributed by atoms with E-state index in [2.05, 4.69) is 18.3 Å². The SMILES string of the molecule is CCc1ccccc1NC(=O)C[NH+]1CC[NH+](CC(=O)N(C)Cc2ccccc2)CC1. The molecule has 0 spiro atoms. The summed E-state index contributed by atoms with van der Waals surface area (Å²) in [5.41, 5.74) is 3.22. The molecule has 0 radical (unpaired) electrons. The first-order valence-corrected chi connectivity index (χ1v) is 10.9. The van der Waals surface area contributed by atoms with Crippen molar-refractivity contribution < 1.29 is 19.4 Å². The molecule has 0 aliphatic carbocycles. The number of piperazine rings is 1. The second-order valence-corrected chi connectivity index (χ2v) is 8.15. The average Bonchev–Trinajstić information content (AvgIpc) is 2.76. The summed E-state index contributed by atoms with van der Waals surface area (Å²) in [5, 5.41) is 3.06. The predicted octanol–water partition coefficient (Wildman–Crippen LogP) is -0.370. The summed E-state index contributed by atoms with van der Waals surface area (Å²) >= 11 is 0. The number of nitrogens with one attached hydrogen (secondary N) is 3. The summed E-state index contributed by atoms with van der Waals surface area (Å²) < 4.78 is 0. The fourth-order valence-electron chi connectivity index (χ4n) is 3.98. The van der Waals surface area contributed by atoms with Gasteiger partial charge in [-0.25, -0.2) is 0 Å². The maximum absolute atomic E-state index is 12.6. The van der Waals surface area contributed by atoms with Crippen molar-refractivity contribution in [3.8, 4) is 0 Å². The first-order chi connectivity index (χ1) is 14.5. The predicted molar refractivity (Wildman–Crippen MR) is 118 cm³/mol. The standard InChI is InChI=1S/C24H32N4O2/c1-3-21-11-7-8-12-22(21)25-23(29)18-27-13-15-28(16-14-27)19-24(30)26(2)17-20-9-5-4-6-10-20/h4-12H,3,13-19H2,1-2H3,(H,25,29)/p+2. The molecule has 30 heavy (non-hydrogen) atoms. The third kappa shape index (κ3) is 6.40. The van der Waals surface area contributed by atoms with Crippen LogP contribution in [0.4, 0.5) is 5.69 Å². The van der Waals surface area contributed by atoms with Gasteiger partial charge in [0.1, 0.15) is 26.2 Å². The molecule has 0 aromatic heterocycles. The molecule has 0 saturated carbocycles. The van der Waals surface area contributed by atoms with Crippen LogP contribution >= 0.6 is 0 Å². The zero-order valence-electron chi connectivity index (χ0n) is 18.1. The summed E-state index contributed by atoms with van der Waals surface area (Å²) in [6.45, 7) is 7.39. The van der Waals surface area contributed by atoms with Crippen LogP contribution in [0.25, 0.3) is 0 Å². The lowest BCUT2D eigenvalue weighted by Crippen LogP contribution is -3.28. The molecule has 2 aromatic rings. The zero-order valence-corrected chi connectivity index (χ0v) is 18.1. The summed E-state index contributed by atoms with van der Waals surface area (Å²) in [6.07, 6.45) is 0.901. The second-order valence-electron chi connectivity index (χ2n) is 8.15. The molecule has 3 rings (SSSR count). The zero-order chi connectivity index (χ0) is 21.3. The normalized spacial score (nSPS) is 18.6. The molecule has 1 heterocycles. The number of quaternary nitrogens is 2. The highest BCUT2D eigenvalue weighted by molar-refractivity contribution is 5.92. The molecule has 0 bridgehead atoms. The number of likely N-dealkylation sites (N-methyl/N-ethyl adjacent to an activating group) is 1. The van der Waals surface area contributed by atoms with Crippen LogP contribution in [0.3, 0.4) is 0 Å². The largest absolute Gasteiger partial charge is 0.337 e. The van der Waals surface area contributed by atoms with Gasteiger partial charge in [-0.05, 0) is 23.6 Å². The minimum Gasteiger partial charge on any atom is -0.337 e. The summed E-state index contributed by atoms with van der Waals surface area (Å²) in [7, 11) is 1.87. The van der Waals surface area contributed by atoms with Gasteiger partial charge in [0.05, 0.1) is 0 Å². The van der Waals surface area contributed by atoms with E-state index in [1.165, 1.54) is 9.80 Å². The number of carbonyl (C=O) groups is 2. The Bertz CT molecular complexity index is 832. The number of nitrogens with zero attached hydrogens (tertiary/aromatic N) is 1. The number of aryl methyl sites for hydroxylation is 1. The van der Waals surface area contributed by atoms with E-state index in [0.29, 0.717) is 19.6 Å². The van der Waals surface area contributed by atoms with Crippen LogP contribution in [0, 0.1) is 0 Å². The van der Waals surface area contributed by atoms with Crippen LogP contribution in [-0.4, -0.2) is 63.0 Å². The summed E-state index contributed by atoms with van der Waals surface area (Å²) in [6, 6.07) is 18.0. The summed E-state index contributed by atoms with van der Waals surface area (Å²) in [4.78, 5) is 29.4. The Hall–Kier alpha value is -2.70. The fraction of sp³-hybridized carbons (Fsp3) is 0.417. The molecule has 0 unspecified atom stereocenters. The number of benzene rings is 2. The van der Waals surface area contributed by atoms with E-state index in [9.17, 15) is 9.59 Å². The molecular weight excluding hydrogens is 376 g/mol. The van der Waals surface area contributed by atoms with Crippen molar-refractivity contribution in [2.24, 2.45) is 0 Å². The molecule has 3 N–H and O–H groups in total. The van der Waals surface area contributed by atoms with E-state index in [1.807, 2.05) is 55.6 Å². The highest BCUT2D eigenvalue weighted by Gasteiger charge is 2.27. The second kappa shape index (κ2) is 10.9. The maximum atomic E-state index is 12.6. The lowest BCUT2D eigenvalue weighted by atomic mass is 10.1. The van der Waals surface area contributed by atoms with Gasteiger partial charge in [0, 0.05) is 19.3 Å². The molecule has 1 saturated heterocycles. The van der Waals surface area contributed by atoms with Crippen LogP contribution in [0.2, 0.25) is 0 Å². The molecule has 2 aromatic carbocycles. The number of amides is 2. The van der Waals surface area contributed by atoms with E-state index < -0.39 is 0 Å². The van der Waals surface area contributed by atoms with Gasteiger partial charge in [0.25, 0.3) is 11.8 Å². The Kier molecular flexibility index (Phi) is 7.99. The smallest absolute Gasteiger partial charge is 0.279 e. The van der Waals surface area contributed by atoms with E-state index in [-0.39, 0.29) is 11.8 Å². The summed E-state index contributed by atoms with van der Waals surface area (Å²) in [5.74, 6) is 0.235. The third-order valence-electron chi connectivity index (χ3n) is 5.84. The maximum Gasteiger partial charge on any atom is 0.279 e. The van der Waals surface area contributed by atoms with E-state index in [1.54, 1.807) is 4.90 Å².